The molecular weight excluding hydrogens is 310 g/mol. The molecule has 0 aliphatic rings. The van der Waals surface area contributed by atoms with E-state index in [1.54, 1.807) is 30.3 Å². The number of hydrogen-bond acceptors (Lipinski definition) is 5. The zero-order valence-electron chi connectivity index (χ0n) is 10.4. The number of rotatable bonds is 7. The topological polar surface area (TPSA) is 123 Å². The third kappa shape index (κ3) is 6.45. The van der Waals surface area contributed by atoms with Crippen LogP contribution in [0.2, 0.25) is 0 Å². The van der Waals surface area contributed by atoms with Crippen molar-refractivity contribution in [2.45, 2.75) is 0 Å². The fourth-order valence-corrected chi connectivity index (χ4v) is 2.81. The maximum Gasteiger partial charge on any atom is 0.481 e. The summed E-state index contributed by atoms with van der Waals surface area (Å²) in [4.78, 5) is 25.8. The molecule has 0 spiro atoms. The minimum atomic E-state index is -5.09. The highest BCUT2D eigenvalue weighted by molar-refractivity contribution is 7.60. The van der Waals surface area contributed by atoms with Crippen LogP contribution in [0.1, 0.15) is 5.56 Å². The molecule has 0 aliphatic carbocycles. The molecule has 0 amide bonds. The molecule has 0 heterocycles. The van der Waals surface area contributed by atoms with Crippen molar-refractivity contribution in [1.29, 1.82) is 0 Å². The Bertz CT molecular complexity index is 564. The molecule has 1 rings (SSSR count). The van der Waals surface area contributed by atoms with E-state index >= 15 is 0 Å². The van der Waals surface area contributed by atoms with Crippen LogP contribution in [-0.4, -0.2) is 28.4 Å². The summed E-state index contributed by atoms with van der Waals surface area (Å²) in [5, 5.41) is 0. The van der Waals surface area contributed by atoms with Gasteiger partial charge in [-0.05, 0) is 6.07 Å². The summed E-state index contributed by atoms with van der Waals surface area (Å²) in [6, 6.07) is 7.04. The first kappa shape index (κ1) is 17.1. The molecule has 3 N–H and O–H groups in total. The molecule has 0 saturated carbocycles. The van der Waals surface area contributed by atoms with Crippen LogP contribution in [0, 0.1) is 0 Å². The number of methoxy groups -OCH3 is 1. The summed E-state index contributed by atoms with van der Waals surface area (Å²) >= 11 is 0. The van der Waals surface area contributed by atoms with Gasteiger partial charge in [0.15, 0.2) is 0 Å². The maximum atomic E-state index is 11.1. The van der Waals surface area contributed by atoms with Crippen LogP contribution in [0.15, 0.2) is 30.3 Å². The molecule has 1 aromatic carbocycles. The van der Waals surface area contributed by atoms with Gasteiger partial charge in [-0.3, -0.25) is 4.52 Å². The number of ether oxygens (including phenoxy) is 1. The van der Waals surface area contributed by atoms with E-state index < -0.39 is 15.6 Å². The Labute approximate surface area is 115 Å². The van der Waals surface area contributed by atoms with E-state index in [0.29, 0.717) is 11.3 Å². The highest BCUT2D eigenvalue weighted by Gasteiger charge is 2.31. The summed E-state index contributed by atoms with van der Waals surface area (Å²) in [5.41, 5.74) is 0.710. The quantitative estimate of drug-likeness (QED) is 0.650. The Balaban J connectivity index is 2.58. The minimum absolute atomic E-state index is 0.369. The summed E-state index contributed by atoms with van der Waals surface area (Å²) in [6.45, 7) is -0.369. The van der Waals surface area contributed by atoms with Gasteiger partial charge in [-0.2, -0.15) is 4.31 Å². The highest BCUT2D eigenvalue weighted by atomic mass is 31.3. The molecule has 1 aromatic rings. The molecule has 112 valence electrons. The van der Waals surface area contributed by atoms with E-state index in [9.17, 15) is 9.13 Å². The van der Waals surface area contributed by atoms with Crippen molar-refractivity contribution in [2.75, 3.05) is 13.7 Å². The van der Waals surface area contributed by atoms with Gasteiger partial charge in [-0.25, -0.2) is 9.13 Å². The second-order valence-corrected chi connectivity index (χ2v) is 6.31. The monoisotopic (exact) mass is 324 g/mol. The first-order valence-electron chi connectivity index (χ1n) is 5.27. The van der Waals surface area contributed by atoms with Crippen molar-refractivity contribution >= 4 is 21.7 Å². The third-order valence-electron chi connectivity index (χ3n) is 1.98. The minimum Gasteiger partial charge on any atom is -0.496 e. The van der Waals surface area contributed by atoms with E-state index in [1.165, 1.54) is 13.2 Å². The van der Waals surface area contributed by atoms with Crippen LogP contribution in [-0.2, 0) is 18.0 Å². The summed E-state index contributed by atoms with van der Waals surface area (Å²) in [5.74, 6) is 0.599. The molecule has 0 aromatic heterocycles. The van der Waals surface area contributed by atoms with Crippen molar-refractivity contribution in [2.24, 2.45) is 0 Å². The average Bonchev–Trinajstić information content (AvgIpc) is 2.32. The van der Waals surface area contributed by atoms with Crippen LogP contribution in [0.25, 0.3) is 6.08 Å². The van der Waals surface area contributed by atoms with E-state index in [0.717, 1.165) is 0 Å². The zero-order valence-corrected chi connectivity index (χ0v) is 12.2. The van der Waals surface area contributed by atoms with Gasteiger partial charge in [0.25, 0.3) is 0 Å². The Kier molecular flexibility index (Phi) is 6.10. The van der Waals surface area contributed by atoms with Crippen molar-refractivity contribution in [3.63, 3.8) is 0 Å². The summed E-state index contributed by atoms with van der Waals surface area (Å²) < 4.78 is 34.6. The lowest BCUT2D eigenvalue weighted by Gasteiger charge is -2.10. The molecule has 0 radical (unpaired) electrons. The van der Waals surface area contributed by atoms with E-state index in [-0.39, 0.29) is 6.61 Å². The molecule has 0 bridgehead atoms. The molecule has 0 fully saturated rings. The average molecular weight is 324 g/mol. The van der Waals surface area contributed by atoms with Gasteiger partial charge >= 0.3 is 15.6 Å². The summed E-state index contributed by atoms with van der Waals surface area (Å²) in [7, 11) is -8.39. The van der Waals surface area contributed by atoms with Gasteiger partial charge < -0.3 is 19.4 Å². The van der Waals surface area contributed by atoms with Gasteiger partial charge in [0.1, 0.15) is 5.75 Å². The number of phosphoric acid groups is 2. The molecular formula is C10H14O8P2. The molecule has 1 atom stereocenters. The molecule has 8 nitrogen and oxygen atoms in total. The Morgan fingerprint density at radius 3 is 2.45 bits per heavy atom. The van der Waals surface area contributed by atoms with Crippen molar-refractivity contribution in [3.05, 3.63) is 35.9 Å². The molecule has 0 saturated heterocycles. The number of hydrogen-bond donors (Lipinski definition) is 3. The lowest BCUT2D eigenvalue weighted by molar-refractivity contribution is 0.191. The van der Waals surface area contributed by atoms with Crippen LogP contribution in [0.3, 0.4) is 0 Å². The molecule has 1 unspecified atom stereocenters. The molecule has 0 aliphatic heterocycles. The Morgan fingerprint density at radius 1 is 1.20 bits per heavy atom. The number of phosphoric ester groups is 1. The first-order chi connectivity index (χ1) is 9.23. The highest BCUT2D eigenvalue weighted by Crippen LogP contribution is 2.57. The van der Waals surface area contributed by atoms with E-state index in [2.05, 4.69) is 8.83 Å². The van der Waals surface area contributed by atoms with Gasteiger partial charge in [-0.1, -0.05) is 30.4 Å². The maximum absolute atomic E-state index is 11.1. The van der Waals surface area contributed by atoms with Crippen LogP contribution < -0.4 is 4.74 Å². The lowest BCUT2D eigenvalue weighted by Crippen LogP contribution is -1.94. The fourth-order valence-electron chi connectivity index (χ4n) is 1.27. The normalized spacial score (nSPS) is 15.2. The van der Waals surface area contributed by atoms with Gasteiger partial charge in [0, 0.05) is 5.56 Å². The predicted molar refractivity (Wildman–Crippen MR) is 70.9 cm³/mol. The summed E-state index contributed by atoms with van der Waals surface area (Å²) in [6.07, 6.45) is 2.94. The largest absolute Gasteiger partial charge is 0.496 e. The Morgan fingerprint density at radius 2 is 1.85 bits per heavy atom. The number of benzene rings is 1. The van der Waals surface area contributed by atoms with Crippen molar-refractivity contribution in [3.8, 4) is 5.75 Å². The third-order valence-corrected chi connectivity index (χ3v) is 4.13. The van der Waals surface area contributed by atoms with Crippen molar-refractivity contribution < 1.29 is 37.4 Å². The van der Waals surface area contributed by atoms with Crippen LogP contribution in [0.4, 0.5) is 0 Å². The van der Waals surface area contributed by atoms with E-state index in [1.807, 2.05) is 0 Å². The lowest BCUT2D eigenvalue weighted by atomic mass is 10.2. The zero-order chi connectivity index (χ0) is 15.2. The SMILES string of the molecule is COc1ccccc1/C=C/COP(=O)(O)OP(=O)(O)O. The Hall–Kier alpha value is -0.980. The number of para-hydroxylation sites is 1. The standard InChI is InChI=1S/C10H14O8P2/c1-16-10-7-3-2-5-9(10)6-4-8-17-20(14,15)18-19(11,12)13/h2-7H,8H2,1H3,(H,14,15)(H2,11,12,13)/b6-4+. The van der Waals surface area contributed by atoms with Gasteiger partial charge in [0.2, 0.25) is 0 Å². The molecule has 20 heavy (non-hydrogen) atoms. The van der Waals surface area contributed by atoms with Gasteiger partial charge in [-0.15, -0.1) is 0 Å². The van der Waals surface area contributed by atoms with E-state index in [4.69, 9.17) is 19.4 Å². The van der Waals surface area contributed by atoms with Crippen LogP contribution >= 0.6 is 15.6 Å². The predicted octanol–water partition coefficient (Wildman–Crippen LogP) is 1.93. The smallest absolute Gasteiger partial charge is 0.481 e. The second-order valence-electron chi connectivity index (χ2n) is 3.48. The second kappa shape index (κ2) is 7.15. The van der Waals surface area contributed by atoms with Crippen LogP contribution in [0.5, 0.6) is 5.75 Å². The van der Waals surface area contributed by atoms with Crippen molar-refractivity contribution in [1.82, 2.24) is 0 Å². The molecule has 10 heteroatoms. The first-order valence-corrected chi connectivity index (χ1v) is 8.30. The van der Waals surface area contributed by atoms with Gasteiger partial charge in [0.05, 0.1) is 13.7 Å². The fraction of sp³-hybridized carbons (Fsp3) is 0.200.